The first-order chi connectivity index (χ1) is 8.07. The number of hydrogen-bond acceptors (Lipinski definition) is 2. The van der Waals surface area contributed by atoms with Gasteiger partial charge in [0.05, 0.1) is 6.07 Å². The minimum atomic E-state index is -0.913. The Hall–Kier alpha value is -1.82. The number of anilines is 1. The van der Waals surface area contributed by atoms with Crippen LogP contribution in [-0.4, -0.2) is 5.91 Å². The summed E-state index contributed by atoms with van der Waals surface area (Å²) >= 11 is 0. The number of amides is 1. The molecule has 1 N–H and O–H groups in total. The second-order valence-electron chi connectivity index (χ2n) is 4.22. The molecule has 3 heteroatoms. The van der Waals surface area contributed by atoms with E-state index in [1.165, 1.54) is 0 Å². The van der Waals surface area contributed by atoms with E-state index in [2.05, 4.69) is 11.4 Å². The van der Waals surface area contributed by atoms with Crippen molar-refractivity contribution in [1.82, 2.24) is 0 Å². The fourth-order valence-electron chi connectivity index (χ4n) is 1.75. The van der Waals surface area contributed by atoms with E-state index in [1.807, 2.05) is 45.0 Å². The summed E-state index contributed by atoms with van der Waals surface area (Å²) in [6.45, 7) is 5.69. The van der Waals surface area contributed by atoms with Crippen LogP contribution < -0.4 is 5.32 Å². The molecule has 1 rings (SSSR count). The molecular formula is C14H18N2O. The van der Waals surface area contributed by atoms with Gasteiger partial charge in [0, 0.05) is 5.69 Å². The summed E-state index contributed by atoms with van der Waals surface area (Å²) in [5.41, 5.74) is 0.916. The summed E-state index contributed by atoms with van der Waals surface area (Å²) in [6, 6.07) is 9.71. The maximum atomic E-state index is 12.1. The highest BCUT2D eigenvalue weighted by atomic mass is 16.2. The topological polar surface area (TPSA) is 52.9 Å². The minimum absolute atomic E-state index is 0.212. The third-order valence-corrected chi connectivity index (χ3v) is 3.13. The van der Waals surface area contributed by atoms with Crippen LogP contribution in [0.15, 0.2) is 24.3 Å². The summed E-state index contributed by atoms with van der Waals surface area (Å²) in [7, 11) is 0. The molecule has 17 heavy (non-hydrogen) atoms. The van der Waals surface area contributed by atoms with E-state index >= 15 is 0 Å². The lowest BCUT2D eigenvalue weighted by molar-refractivity contribution is -0.123. The van der Waals surface area contributed by atoms with Crippen molar-refractivity contribution in [3.63, 3.8) is 0 Å². The molecule has 0 heterocycles. The largest absolute Gasteiger partial charge is 0.325 e. The van der Waals surface area contributed by atoms with E-state index in [0.29, 0.717) is 12.8 Å². The number of carbonyl (C=O) groups is 1. The van der Waals surface area contributed by atoms with Gasteiger partial charge < -0.3 is 5.32 Å². The number of nitrogens with one attached hydrogen (secondary N) is 1. The van der Waals surface area contributed by atoms with E-state index in [0.717, 1.165) is 11.3 Å². The molecule has 90 valence electrons. The molecule has 0 aromatic heterocycles. The average Bonchev–Trinajstić information content (AvgIpc) is 2.32. The van der Waals surface area contributed by atoms with Crippen LogP contribution in [0.5, 0.6) is 0 Å². The highest BCUT2D eigenvalue weighted by molar-refractivity contribution is 5.97. The van der Waals surface area contributed by atoms with Crippen LogP contribution in [0.3, 0.4) is 0 Å². The van der Waals surface area contributed by atoms with Gasteiger partial charge in [-0.1, -0.05) is 26.0 Å². The third kappa shape index (κ3) is 2.85. The number of hydrogen-bond donors (Lipinski definition) is 1. The summed E-state index contributed by atoms with van der Waals surface area (Å²) in [6.07, 6.45) is 1.05. The first-order valence-electron chi connectivity index (χ1n) is 5.87. The van der Waals surface area contributed by atoms with Crippen molar-refractivity contribution in [3.8, 4) is 6.07 Å². The first-order valence-corrected chi connectivity index (χ1v) is 5.87. The summed E-state index contributed by atoms with van der Waals surface area (Å²) in [4.78, 5) is 12.1. The van der Waals surface area contributed by atoms with Crippen molar-refractivity contribution < 1.29 is 4.79 Å². The third-order valence-electron chi connectivity index (χ3n) is 3.13. The van der Waals surface area contributed by atoms with Gasteiger partial charge in [-0.3, -0.25) is 4.79 Å². The van der Waals surface area contributed by atoms with Crippen molar-refractivity contribution in [2.45, 2.75) is 33.6 Å². The number of aryl methyl sites for hydroxylation is 1. The second-order valence-corrected chi connectivity index (χ2v) is 4.22. The molecule has 1 amide bonds. The Morgan fingerprint density at radius 3 is 2.53 bits per heavy atom. The molecule has 0 bridgehead atoms. The average molecular weight is 230 g/mol. The van der Waals surface area contributed by atoms with E-state index in [4.69, 9.17) is 5.26 Å². The predicted molar refractivity (Wildman–Crippen MR) is 68.4 cm³/mol. The van der Waals surface area contributed by atoms with Gasteiger partial charge in [0.2, 0.25) is 5.91 Å². The molecule has 0 fully saturated rings. The van der Waals surface area contributed by atoms with Crippen LogP contribution in [0.2, 0.25) is 0 Å². The Labute approximate surface area is 102 Å². The summed E-state index contributed by atoms with van der Waals surface area (Å²) < 4.78 is 0. The first kappa shape index (κ1) is 13.2. The Bertz CT molecular complexity index is 442. The maximum absolute atomic E-state index is 12.1. The van der Waals surface area contributed by atoms with Gasteiger partial charge in [0.1, 0.15) is 5.41 Å². The molecule has 0 spiro atoms. The zero-order chi connectivity index (χ0) is 12.9. The molecule has 1 aromatic rings. The molecule has 0 aliphatic heterocycles. The Kier molecular flexibility index (Phi) is 4.28. The van der Waals surface area contributed by atoms with Gasteiger partial charge in [0.15, 0.2) is 0 Å². The van der Waals surface area contributed by atoms with Crippen LogP contribution in [0.25, 0.3) is 0 Å². The zero-order valence-corrected chi connectivity index (χ0v) is 10.6. The van der Waals surface area contributed by atoms with Crippen LogP contribution in [0.1, 0.15) is 32.3 Å². The molecule has 0 aliphatic rings. The number of rotatable bonds is 4. The van der Waals surface area contributed by atoms with E-state index in [1.54, 1.807) is 0 Å². The van der Waals surface area contributed by atoms with Crippen molar-refractivity contribution in [3.05, 3.63) is 29.8 Å². The quantitative estimate of drug-likeness (QED) is 0.863. The highest BCUT2D eigenvalue weighted by Gasteiger charge is 2.34. The number of nitrogens with zero attached hydrogens (tertiary/aromatic N) is 1. The molecule has 0 radical (unpaired) electrons. The van der Waals surface area contributed by atoms with Crippen molar-refractivity contribution in [2.24, 2.45) is 5.41 Å². The van der Waals surface area contributed by atoms with Crippen molar-refractivity contribution in [1.29, 1.82) is 5.26 Å². The van der Waals surface area contributed by atoms with Gasteiger partial charge in [0.25, 0.3) is 0 Å². The molecule has 0 saturated carbocycles. The van der Waals surface area contributed by atoms with Gasteiger partial charge >= 0.3 is 0 Å². The molecule has 0 unspecified atom stereocenters. The van der Waals surface area contributed by atoms with Gasteiger partial charge in [-0.25, -0.2) is 0 Å². The van der Waals surface area contributed by atoms with Crippen LogP contribution in [0.4, 0.5) is 5.69 Å². The van der Waals surface area contributed by atoms with Gasteiger partial charge in [-0.15, -0.1) is 0 Å². The van der Waals surface area contributed by atoms with Crippen LogP contribution >= 0.6 is 0 Å². The predicted octanol–water partition coefficient (Wildman–Crippen LogP) is 3.26. The van der Waals surface area contributed by atoms with Crippen molar-refractivity contribution in [2.75, 3.05) is 5.32 Å². The normalized spacial score (nSPS) is 10.7. The lowest BCUT2D eigenvalue weighted by Crippen LogP contribution is -2.33. The second kappa shape index (κ2) is 5.49. The SMILES string of the molecule is CCC(C#N)(CC)C(=O)Nc1cccc(C)c1. The van der Waals surface area contributed by atoms with Crippen molar-refractivity contribution >= 4 is 11.6 Å². The standard InChI is InChI=1S/C14H18N2O/c1-4-14(5-2,10-15)13(17)16-12-8-6-7-11(3)9-12/h6-9H,4-5H2,1-3H3,(H,16,17). The molecule has 1 aromatic carbocycles. The number of nitriles is 1. The Balaban J connectivity index is 2.89. The Morgan fingerprint density at radius 1 is 1.41 bits per heavy atom. The smallest absolute Gasteiger partial charge is 0.244 e. The highest BCUT2D eigenvalue weighted by Crippen LogP contribution is 2.27. The molecule has 0 atom stereocenters. The van der Waals surface area contributed by atoms with Crippen LogP contribution in [-0.2, 0) is 4.79 Å². The monoisotopic (exact) mass is 230 g/mol. The fourth-order valence-corrected chi connectivity index (χ4v) is 1.75. The van der Waals surface area contributed by atoms with Crippen LogP contribution in [0, 0.1) is 23.7 Å². The van der Waals surface area contributed by atoms with E-state index in [-0.39, 0.29) is 5.91 Å². The zero-order valence-electron chi connectivity index (χ0n) is 10.6. The fraction of sp³-hybridized carbons (Fsp3) is 0.429. The van der Waals surface area contributed by atoms with Gasteiger partial charge in [-0.2, -0.15) is 5.26 Å². The Morgan fingerprint density at radius 2 is 2.06 bits per heavy atom. The summed E-state index contributed by atoms with van der Waals surface area (Å²) in [5, 5.41) is 12.0. The van der Waals surface area contributed by atoms with E-state index < -0.39 is 5.41 Å². The lowest BCUT2D eigenvalue weighted by Gasteiger charge is -2.22. The molecule has 0 aliphatic carbocycles. The molecule has 3 nitrogen and oxygen atoms in total. The number of carbonyl (C=O) groups excluding carboxylic acids is 1. The summed E-state index contributed by atoms with van der Waals surface area (Å²) in [5.74, 6) is -0.212. The number of benzene rings is 1. The van der Waals surface area contributed by atoms with Gasteiger partial charge in [-0.05, 0) is 37.5 Å². The molecule has 0 saturated heterocycles. The minimum Gasteiger partial charge on any atom is -0.325 e. The molecular weight excluding hydrogens is 212 g/mol. The van der Waals surface area contributed by atoms with E-state index in [9.17, 15) is 4.79 Å². The lowest BCUT2D eigenvalue weighted by atomic mass is 9.83. The maximum Gasteiger partial charge on any atom is 0.244 e.